The monoisotopic (exact) mass is 363 g/mol. The van der Waals surface area contributed by atoms with Crippen molar-refractivity contribution in [2.24, 2.45) is 5.92 Å². The Balaban J connectivity index is 1.67. The number of carbonyl (C=O) groups is 3. The number of rotatable bonds is 7. The molecule has 1 fully saturated rings. The van der Waals surface area contributed by atoms with Crippen LogP contribution in [-0.4, -0.2) is 42.2 Å². The predicted octanol–water partition coefficient (Wildman–Crippen LogP) is 1.97. The average molecular weight is 363 g/mol. The maximum atomic E-state index is 11.9. The molecule has 1 aromatic rings. The van der Waals surface area contributed by atoms with Crippen LogP contribution in [-0.2, 0) is 9.59 Å². The van der Waals surface area contributed by atoms with Crippen LogP contribution in [0.4, 0.5) is 10.5 Å². The summed E-state index contributed by atoms with van der Waals surface area (Å²) in [4.78, 5) is 34.7. The highest BCUT2D eigenvalue weighted by molar-refractivity contribution is 5.94. The summed E-state index contributed by atoms with van der Waals surface area (Å²) in [6, 6.07) is 6.48. The summed E-state index contributed by atoms with van der Waals surface area (Å²) in [5, 5.41) is 16.9. The number of hydrogen-bond acceptors (Lipinski definition) is 4. The fourth-order valence-electron chi connectivity index (χ4n) is 2.89. The number of ether oxygens (including phenoxy) is 1. The second-order valence-corrected chi connectivity index (χ2v) is 6.22. The van der Waals surface area contributed by atoms with Crippen LogP contribution < -0.4 is 20.7 Å². The zero-order valence-corrected chi connectivity index (χ0v) is 14.8. The SMILES string of the molecule is CCOc1ccc(NC(=O)CNC(=O)NC2CCC(C(=O)O)CC2)cc1. The van der Waals surface area contributed by atoms with E-state index in [1.165, 1.54) is 0 Å². The van der Waals surface area contributed by atoms with Gasteiger partial charge in [-0.2, -0.15) is 0 Å². The lowest BCUT2D eigenvalue weighted by molar-refractivity contribution is -0.142. The molecule has 0 bridgehead atoms. The molecule has 0 saturated heterocycles. The molecule has 142 valence electrons. The molecule has 8 nitrogen and oxygen atoms in total. The molecular formula is C18H25N3O5. The largest absolute Gasteiger partial charge is 0.494 e. The minimum Gasteiger partial charge on any atom is -0.494 e. The average Bonchev–Trinajstić information content (AvgIpc) is 2.62. The molecule has 1 saturated carbocycles. The Morgan fingerprint density at radius 3 is 2.35 bits per heavy atom. The summed E-state index contributed by atoms with van der Waals surface area (Å²) in [6.45, 7) is 2.32. The number of carboxylic acids is 1. The van der Waals surface area contributed by atoms with Gasteiger partial charge in [0.15, 0.2) is 0 Å². The van der Waals surface area contributed by atoms with Crippen molar-refractivity contribution in [3.05, 3.63) is 24.3 Å². The summed E-state index contributed by atoms with van der Waals surface area (Å²) in [7, 11) is 0. The van der Waals surface area contributed by atoms with Gasteiger partial charge in [0.2, 0.25) is 5.91 Å². The number of amides is 3. The maximum Gasteiger partial charge on any atom is 0.315 e. The molecule has 0 unspecified atom stereocenters. The zero-order chi connectivity index (χ0) is 18.9. The van der Waals surface area contributed by atoms with Crippen molar-refractivity contribution in [1.29, 1.82) is 0 Å². The lowest BCUT2D eigenvalue weighted by Gasteiger charge is -2.26. The second-order valence-electron chi connectivity index (χ2n) is 6.22. The van der Waals surface area contributed by atoms with Gasteiger partial charge in [0, 0.05) is 11.7 Å². The summed E-state index contributed by atoms with van der Waals surface area (Å²) in [5.41, 5.74) is 0.618. The van der Waals surface area contributed by atoms with Crippen LogP contribution in [0.2, 0.25) is 0 Å². The number of carboxylic acid groups (broad SMARTS) is 1. The summed E-state index contributed by atoms with van der Waals surface area (Å²) in [5.74, 6) is -0.714. The number of hydrogen-bond donors (Lipinski definition) is 4. The Morgan fingerprint density at radius 2 is 1.77 bits per heavy atom. The van der Waals surface area contributed by atoms with E-state index in [0.29, 0.717) is 38.0 Å². The normalized spacial score (nSPS) is 19.3. The Morgan fingerprint density at radius 1 is 1.12 bits per heavy atom. The van der Waals surface area contributed by atoms with Crippen LogP contribution in [0.25, 0.3) is 0 Å². The summed E-state index contributed by atoms with van der Waals surface area (Å²) >= 11 is 0. The van der Waals surface area contributed by atoms with E-state index in [4.69, 9.17) is 9.84 Å². The van der Waals surface area contributed by atoms with Gasteiger partial charge in [-0.3, -0.25) is 9.59 Å². The van der Waals surface area contributed by atoms with E-state index in [1.54, 1.807) is 24.3 Å². The van der Waals surface area contributed by atoms with E-state index < -0.39 is 12.0 Å². The van der Waals surface area contributed by atoms with Gasteiger partial charge < -0.3 is 25.8 Å². The molecule has 0 aliphatic heterocycles. The number of carbonyl (C=O) groups excluding carboxylic acids is 2. The van der Waals surface area contributed by atoms with Crippen molar-refractivity contribution in [2.45, 2.75) is 38.6 Å². The third kappa shape index (κ3) is 6.27. The van der Waals surface area contributed by atoms with Crippen LogP contribution in [0, 0.1) is 5.92 Å². The van der Waals surface area contributed by atoms with Crippen molar-refractivity contribution in [3.63, 3.8) is 0 Å². The second kappa shape index (κ2) is 9.65. The van der Waals surface area contributed by atoms with Gasteiger partial charge in [0.05, 0.1) is 19.1 Å². The summed E-state index contributed by atoms with van der Waals surface area (Å²) in [6.07, 6.45) is 2.36. The highest BCUT2D eigenvalue weighted by Crippen LogP contribution is 2.24. The van der Waals surface area contributed by atoms with Crippen LogP contribution >= 0.6 is 0 Å². The van der Waals surface area contributed by atoms with Gasteiger partial charge in [-0.05, 0) is 56.9 Å². The third-order valence-corrected chi connectivity index (χ3v) is 4.27. The number of aliphatic carboxylic acids is 1. The fourth-order valence-corrected chi connectivity index (χ4v) is 2.89. The highest BCUT2D eigenvalue weighted by atomic mass is 16.5. The van der Waals surface area contributed by atoms with Crippen LogP contribution in [0.1, 0.15) is 32.6 Å². The smallest absolute Gasteiger partial charge is 0.315 e. The van der Waals surface area contributed by atoms with Crippen LogP contribution in [0.3, 0.4) is 0 Å². The highest BCUT2D eigenvalue weighted by Gasteiger charge is 2.26. The van der Waals surface area contributed by atoms with E-state index in [-0.39, 0.29) is 24.4 Å². The quantitative estimate of drug-likeness (QED) is 0.591. The molecule has 0 aromatic heterocycles. The minimum atomic E-state index is -0.779. The molecular weight excluding hydrogens is 338 g/mol. The third-order valence-electron chi connectivity index (χ3n) is 4.27. The van der Waals surface area contributed by atoms with E-state index >= 15 is 0 Å². The molecule has 1 aliphatic carbocycles. The predicted molar refractivity (Wildman–Crippen MR) is 96.2 cm³/mol. The molecule has 4 N–H and O–H groups in total. The Kier molecular flexibility index (Phi) is 7.25. The lowest BCUT2D eigenvalue weighted by Crippen LogP contribution is -2.46. The van der Waals surface area contributed by atoms with E-state index in [1.807, 2.05) is 6.92 Å². The van der Waals surface area contributed by atoms with Gasteiger partial charge in [-0.25, -0.2) is 4.79 Å². The molecule has 1 aliphatic rings. The van der Waals surface area contributed by atoms with Gasteiger partial charge in [0.25, 0.3) is 0 Å². The molecule has 0 atom stereocenters. The zero-order valence-electron chi connectivity index (χ0n) is 14.8. The first kappa shape index (κ1) is 19.6. The first-order chi connectivity index (χ1) is 12.5. The molecule has 2 rings (SSSR count). The van der Waals surface area contributed by atoms with E-state index in [0.717, 1.165) is 5.75 Å². The molecule has 3 amide bonds. The van der Waals surface area contributed by atoms with Crippen molar-refractivity contribution < 1.29 is 24.2 Å². The maximum absolute atomic E-state index is 11.9. The molecule has 0 spiro atoms. The van der Waals surface area contributed by atoms with E-state index in [9.17, 15) is 14.4 Å². The van der Waals surface area contributed by atoms with Crippen molar-refractivity contribution in [3.8, 4) is 5.75 Å². The van der Waals surface area contributed by atoms with Gasteiger partial charge >= 0.3 is 12.0 Å². The first-order valence-corrected chi connectivity index (χ1v) is 8.77. The summed E-state index contributed by atoms with van der Waals surface area (Å²) < 4.78 is 5.33. The molecule has 8 heteroatoms. The van der Waals surface area contributed by atoms with Crippen molar-refractivity contribution in [1.82, 2.24) is 10.6 Å². The minimum absolute atomic E-state index is 0.0558. The number of nitrogens with one attached hydrogen (secondary N) is 3. The van der Waals surface area contributed by atoms with Crippen LogP contribution in [0.5, 0.6) is 5.75 Å². The molecule has 26 heavy (non-hydrogen) atoms. The Labute approximate surface area is 152 Å². The molecule has 0 heterocycles. The molecule has 1 aromatic carbocycles. The van der Waals surface area contributed by atoms with Gasteiger partial charge in [0.1, 0.15) is 5.75 Å². The van der Waals surface area contributed by atoms with Gasteiger partial charge in [-0.1, -0.05) is 0 Å². The number of benzene rings is 1. The standard InChI is InChI=1S/C18H25N3O5/c1-2-26-15-9-7-13(8-10-15)20-16(22)11-19-18(25)21-14-5-3-12(4-6-14)17(23)24/h7-10,12,14H,2-6,11H2,1H3,(H,20,22)(H,23,24)(H2,19,21,25). The fraction of sp³-hybridized carbons (Fsp3) is 0.500. The Hall–Kier alpha value is -2.77. The number of urea groups is 1. The van der Waals surface area contributed by atoms with E-state index in [2.05, 4.69) is 16.0 Å². The van der Waals surface area contributed by atoms with Crippen molar-refractivity contribution in [2.75, 3.05) is 18.5 Å². The van der Waals surface area contributed by atoms with Crippen LogP contribution in [0.15, 0.2) is 24.3 Å². The first-order valence-electron chi connectivity index (χ1n) is 8.77. The van der Waals surface area contributed by atoms with Crippen molar-refractivity contribution >= 4 is 23.6 Å². The lowest BCUT2D eigenvalue weighted by atomic mass is 9.86. The van der Waals surface area contributed by atoms with Gasteiger partial charge in [-0.15, -0.1) is 0 Å². The molecule has 0 radical (unpaired) electrons. The topological polar surface area (TPSA) is 117 Å². The number of anilines is 1. The Bertz CT molecular complexity index is 624.